The fourth-order valence-electron chi connectivity index (χ4n) is 3.25. The number of amides is 3. The number of carbonyl (C=O) groups is 3. The Bertz CT molecular complexity index is 1190. The molecule has 0 fully saturated rings. The zero-order chi connectivity index (χ0) is 24.8. The summed E-state index contributed by atoms with van der Waals surface area (Å²) in [4.78, 5) is 39.9. The van der Waals surface area contributed by atoms with Gasteiger partial charge in [-0.15, -0.1) is 0 Å². The molecule has 1 unspecified atom stereocenters. The lowest BCUT2D eigenvalue weighted by Gasteiger charge is -2.30. The van der Waals surface area contributed by atoms with E-state index in [9.17, 15) is 14.4 Å². The lowest BCUT2D eigenvalue weighted by Crippen LogP contribution is -2.44. The van der Waals surface area contributed by atoms with Crippen molar-refractivity contribution in [2.75, 3.05) is 26.0 Å². The van der Waals surface area contributed by atoms with Gasteiger partial charge in [0.05, 0.1) is 12.3 Å². The molecule has 3 rings (SSSR count). The number of anilines is 1. The molecule has 5 N–H and O–H groups in total. The number of rotatable bonds is 10. The fourth-order valence-corrected chi connectivity index (χ4v) is 4.20. The quantitative estimate of drug-likeness (QED) is 0.357. The van der Waals surface area contributed by atoms with Crippen LogP contribution >= 0.6 is 23.1 Å². The van der Waals surface area contributed by atoms with Crippen LogP contribution in [0.1, 0.15) is 43.3 Å². The minimum Gasteiger partial charge on any atom is -0.464 e. The Kier molecular flexibility index (Phi) is 8.26. The fraction of sp³-hybridized carbons (Fsp3) is 0.273. The number of methoxy groups -OCH3 is 1. The van der Waals surface area contributed by atoms with E-state index >= 15 is 0 Å². The summed E-state index contributed by atoms with van der Waals surface area (Å²) in [6.07, 6.45) is 0. The molecule has 0 aliphatic carbocycles. The van der Waals surface area contributed by atoms with Crippen LogP contribution in [0.25, 0.3) is 0 Å². The predicted molar refractivity (Wildman–Crippen MR) is 127 cm³/mol. The van der Waals surface area contributed by atoms with E-state index < -0.39 is 23.8 Å². The van der Waals surface area contributed by atoms with Gasteiger partial charge in [-0.3, -0.25) is 14.4 Å². The number of nitrogen functional groups attached to an aromatic ring is 1. The summed E-state index contributed by atoms with van der Waals surface area (Å²) in [7, 11) is 1.51. The summed E-state index contributed by atoms with van der Waals surface area (Å²) in [5.41, 5.74) is 11.6. The van der Waals surface area contributed by atoms with Crippen molar-refractivity contribution in [1.82, 2.24) is 14.6 Å². The van der Waals surface area contributed by atoms with Crippen LogP contribution in [-0.2, 0) is 16.1 Å². The van der Waals surface area contributed by atoms with E-state index in [2.05, 4.69) is 9.69 Å². The van der Waals surface area contributed by atoms with Crippen molar-refractivity contribution in [3.8, 4) is 0 Å². The number of nitrogens with two attached hydrogens (primary N) is 2. The molecule has 10 nitrogen and oxygen atoms in total. The molecule has 0 saturated heterocycles. The third-order valence-corrected chi connectivity index (χ3v) is 6.13. The van der Waals surface area contributed by atoms with Crippen molar-refractivity contribution < 1.29 is 23.5 Å². The van der Waals surface area contributed by atoms with Gasteiger partial charge in [0.15, 0.2) is 11.7 Å². The number of furan rings is 1. The summed E-state index contributed by atoms with van der Waals surface area (Å²) in [5.74, 6) is -1.19. The van der Waals surface area contributed by atoms with Crippen molar-refractivity contribution >= 4 is 46.5 Å². The first kappa shape index (κ1) is 25.2. The van der Waals surface area contributed by atoms with E-state index in [0.717, 1.165) is 11.5 Å². The highest BCUT2D eigenvalue weighted by molar-refractivity contribution is 7.09. The van der Waals surface area contributed by atoms with Gasteiger partial charge < -0.3 is 30.8 Å². The van der Waals surface area contributed by atoms with Crippen LogP contribution in [0, 0.1) is 6.92 Å². The van der Waals surface area contributed by atoms with Crippen LogP contribution in [0.15, 0.2) is 40.8 Å². The topological polar surface area (TPSA) is 154 Å². The number of benzene rings is 1. The Balaban J connectivity index is 2.10. The summed E-state index contributed by atoms with van der Waals surface area (Å²) in [5, 5.41) is 3.16. The van der Waals surface area contributed by atoms with Gasteiger partial charge in [0.25, 0.3) is 17.7 Å². The smallest absolute Gasteiger partial charge is 0.270 e. The molecule has 12 heteroatoms. The molecular weight excluding hydrogens is 482 g/mol. The van der Waals surface area contributed by atoms with Crippen LogP contribution < -0.4 is 16.8 Å². The van der Waals surface area contributed by atoms with Crippen LogP contribution in [0.2, 0.25) is 5.02 Å². The van der Waals surface area contributed by atoms with Crippen molar-refractivity contribution in [3.63, 3.8) is 0 Å². The number of nitrogens with one attached hydrogen (secondary N) is 1. The molecule has 2 heterocycles. The number of hydrogen-bond acceptors (Lipinski definition) is 8. The number of ether oxygens (including phenoxy) is 1. The zero-order valence-electron chi connectivity index (χ0n) is 18.5. The lowest BCUT2D eigenvalue weighted by molar-refractivity contribution is -0.126. The van der Waals surface area contributed by atoms with Crippen molar-refractivity contribution in [3.05, 3.63) is 69.1 Å². The molecule has 180 valence electrons. The number of aryl methyl sites for hydroxylation is 1. The van der Waals surface area contributed by atoms with Gasteiger partial charge >= 0.3 is 0 Å². The number of hydrogen-bond donors (Lipinski definition) is 3. The van der Waals surface area contributed by atoms with Gasteiger partial charge in [0.1, 0.15) is 16.4 Å². The maximum Gasteiger partial charge on any atom is 0.270 e. The van der Waals surface area contributed by atoms with E-state index in [-0.39, 0.29) is 41.7 Å². The molecule has 3 aromatic rings. The minimum atomic E-state index is -1.17. The Labute approximate surface area is 205 Å². The molecule has 1 atom stereocenters. The maximum atomic E-state index is 13.7. The molecular formula is C22H24ClN5O5S. The van der Waals surface area contributed by atoms with Crippen LogP contribution in [0.4, 0.5) is 5.69 Å². The highest BCUT2D eigenvalue weighted by Crippen LogP contribution is 2.32. The van der Waals surface area contributed by atoms with Crippen LogP contribution in [-0.4, -0.2) is 47.3 Å². The predicted octanol–water partition coefficient (Wildman–Crippen LogP) is 2.53. The highest BCUT2D eigenvalue weighted by atomic mass is 35.5. The minimum absolute atomic E-state index is 0.0289. The van der Waals surface area contributed by atoms with Gasteiger partial charge in [-0.25, -0.2) is 0 Å². The third kappa shape index (κ3) is 5.56. The number of halogens is 1. The molecule has 0 aliphatic rings. The standard InChI is InChI=1S/C22H24ClN5O5S/c1-12-7-8-15(33-12)18(21(30)26-9-10-32-2)28(11-13-5-3-4-6-14(13)23)22(31)19-16(24)17(20(25)29)27-34-19/h3-8,18H,9-11,24H2,1-2H3,(H2,25,29)(H,26,30). The van der Waals surface area contributed by atoms with Crippen molar-refractivity contribution in [2.45, 2.75) is 19.5 Å². The molecule has 0 bridgehead atoms. The second kappa shape index (κ2) is 11.1. The number of nitrogens with zero attached hydrogens (tertiary/aromatic N) is 2. The van der Waals surface area contributed by atoms with E-state index in [1.165, 1.54) is 12.0 Å². The van der Waals surface area contributed by atoms with Gasteiger partial charge in [-0.1, -0.05) is 29.8 Å². The first-order valence-electron chi connectivity index (χ1n) is 10.2. The van der Waals surface area contributed by atoms with E-state index in [1.54, 1.807) is 43.3 Å². The molecule has 34 heavy (non-hydrogen) atoms. The summed E-state index contributed by atoms with van der Waals surface area (Å²) >= 11 is 7.08. The second-order valence-corrected chi connectivity index (χ2v) is 8.48. The normalized spacial score (nSPS) is 11.7. The van der Waals surface area contributed by atoms with Gasteiger partial charge in [0, 0.05) is 25.2 Å². The lowest BCUT2D eigenvalue weighted by atomic mass is 10.1. The molecule has 0 aliphatic heterocycles. The maximum absolute atomic E-state index is 13.7. The Hall–Kier alpha value is -3.41. The Morgan fingerprint density at radius 1 is 1.26 bits per heavy atom. The summed E-state index contributed by atoms with van der Waals surface area (Å²) < 4.78 is 14.7. The SMILES string of the molecule is COCCNC(=O)C(c1ccc(C)o1)N(Cc1ccccc1Cl)C(=O)c1snc(C(N)=O)c1N. The molecule has 0 saturated carbocycles. The number of aromatic nitrogens is 1. The second-order valence-electron chi connectivity index (χ2n) is 7.30. The van der Waals surface area contributed by atoms with E-state index in [0.29, 0.717) is 16.3 Å². The van der Waals surface area contributed by atoms with Gasteiger partial charge in [-0.2, -0.15) is 4.37 Å². The molecule has 2 aromatic heterocycles. The first-order chi connectivity index (χ1) is 16.2. The third-order valence-electron chi connectivity index (χ3n) is 4.91. The van der Waals surface area contributed by atoms with Crippen molar-refractivity contribution in [1.29, 1.82) is 0 Å². The Morgan fingerprint density at radius 2 is 2.00 bits per heavy atom. The Morgan fingerprint density at radius 3 is 2.59 bits per heavy atom. The number of carbonyl (C=O) groups excluding carboxylic acids is 3. The summed E-state index contributed by atoms with van der Waals surface area (Å²) in [6, 6.07) is 9.07. The van der Waals surface area contributed by atoms with E-state index in [4.69, 9.17) is 32.2 Å². The van der Waals surface area contributed by atoms with Gasteiger partial charge in [0.2, 0.25) is 0 Å². The number of primary amides is 1. The molecule has 0 radical (unpaired) electrons. The largest absolute Gasteiger partial charge is 0.464 e. The van der Waals surface area contributed by atoms with Gasteiger partial charge in [-0.05, 0) is 42.2 Å². The first-order valence-corrected chi connectivity index (χ1v) is 11.3. The average molecular weight is 506 g/mol. The average Bonchev–Trinajstić information content (AvgIpc) is 3.40. The van der Waals surface area contributed by atoms with Crippen LogP contribution in [0.3, 0.4) is 0 Å². The summed E-state index contributed by atoms with van der Waals surface area (Å²) in [6.45, 7) is 2.17. The molecule has 1 aromatic carbocycles. The molecule has 0 spiro atoms. The van der Waals surface area contributed by atoms with Crippen LogP contribution in [0.5, 0.6) is 0 Å². The molecule has 3 amide bonds. The zero-order valence-corrected chi connectivity index (χ0v) is 20.1. The van der Waals surface area contributed by atoms with Crippen molar-refractivity contribution in [2.24, 2.45) is 5.73 Å². The monoisotopic (exact) mass is 505 g/mol. The highest BCUT2D eigenvalue weighted by Gasteiger charge is 2.37. The van der Waals surface area contributed by atoms with E-state index in [1.807, 2.05) is 0 Å².